The highest BCUT2D eigenvalue weighted by atomic mass is 35.5. The van der Waals surface area contributed by atoms with E-state index >= 15 is 0 Å². The summed E-state index contributed by atoms with van der Waals surface area (Å²) in [5.41, 5.74) is 5.90. The smallest absolute Gasteiger partial charge is 0.194 e. The molecule has 1 atom stereocenters. The third-order valence-corrected chi connectivity index (χ3v) is 2.69. The van der Waals surface area contributed by atoms with E-state index in [1.807, 2.05) is 0 Å². The summed E-state index contributed by atoms with van der Waals surface area (Å²) >= 11 is 5.65. The number of aromatic nitrogens is 1. The molecular formula is C12H8ClF3N2. The van der Waals surface area contributed by atoms with Gasteiger partial charge in [-0.1, -0.05) is 17.7 Å². The minimum absolute atomic E-state index is 0.163. The second-order valence-corrected chi connectivity index (χ2v) is 4.08. The number of rotatable bonds is 2. The molecule has 1 aromatic heterocycles. The minimum Gasteiger partial charge on any atom is -0.319 e. The Bertz CT molecular complexity index is 572. The summed E-state index contributed by atoms with van der Waals surface area (Å²) < 4.78 is 39.4. The van der Waals surface area contributed by atoms with Crippen molar-refractivity contribution in [2.24, 2.45) is 5.73 Å². The van der Waals surface area contributed by atoms with E-state index in [1.54, 1.807) is 0 Å². The van der Waals surface area contributed by atoms with Crippen LogP contribution in [0.4, 0.5) is 13.2 Å². The molecule has 6 heteroatoms. The number of halogens is 4. The van der Waals surface area contributed by atoms with Gasteiger partial charge in [-0.3, -0.25) is 4.98 Å². The fraction of sp³-hybridized carbons (Fsp3) is 0.0833. The van der Waals surface area contributed by atoms with Gasteiger partial charge in [-0.15, -0.1) is 0 Å². The fourth-order valence-corrected chi connectivity index (χ4v) is 1.62. The standard InChI is InChI=1S/C12H8ClF3N2/c13-6-1-4-9(18-5-6)12(17)7-2-3-8(14)11(16)10(7)15/h1-5,12H,17H2. The number of hydrogen-bond acceptors (Lipinski definition) is 2. The van der Waals surface area contributed by atoms with Gasteiger partial charge < -0.3 is 5.73 Å². The van der Waals surface area contributed by atoms with Gasteiger partial charge in [-0.2, -0.15) is 0 Å². The Morgan fingerprint density at radius 1 is 1.06 bits per heavy atom. The van der Waals surface area contributed by atoms with Crippen LogP contribution in [0.2, 0.25) is 5.02 Å². The van der Waals surface area contributed by atoms with Crippen molar-refractivity contribution in [3.63, 3.8) is 0 Å². The molecule has 0 saturated carbocycles. The van der Waals surface area contributed by atoms with E-state index in [2.05, 4.69) is 4.98 Å². The van der Waals surface area contributed by atoms with Crippen molar-refractivity contribution in [3.05, 3.63) is 64.2 Å². The Balaban J connectivity index is 2.43. The molecule has 0 fully saturated rings. The molecule has 2 aromatic rings. The average Bonchev–Trinajstić information content (AvgIpc) is 2.36. The van der Waals surface area contributed by atoms with E-state index in [1.165, 1.54) is 18.3 Å². The lowest BCUT2D eigenvalue weighted by Gasteiger charge is -2.13. The zero-order valence-electron chi connectivity index (χ0n) is 9.00. The highest BCUT2D eigenvalue weighted by Gasteiger charge is 2.20. The van der Waals surface area contributed by atoms with Crippen LogP contribution >= 0.6 is 11.6 Å². The first-order valence-corrected chi connectivity index (χ1v) is 5.39. The molecule has 1 aromatic carbocycles. The van der Waals surface area contributed by atoms with Gasteiger partial charge in [-0.05, 0) is 18.2 Å². The monoisotopic (exact) mass is 272 g/mol. The third kappa shape index (κ3) is 2.32. The lowest BCUT2D eigenvalue weighted by atomic mass is 10.0. The predicted octanol–water partition coefficient (Wildman–Crippen LogP) is 3.20. The van der Waals surface area contributed by atoms with Gasteiger partial charge in [0.1, 0.15) is 0 Å². The zero-order valence-corrected chi connectivity index (χ0v) is 9.76. The summed E-state index contributed by atoms with van der Waals surface area (Å²) in [6.45, 7) is 0. The SMILES string of the molecule is NC(c1ccc(Cl)cn1)c1ccc(F)c(F)c1F. The van der Waals surface area contributed by atoms with Gasteiger partial charge >= 0.3 is 0 Å². The molecule has 18 heavy (non-hydrogen) atoms. The topological polar surface area (TPSA) is 38.9 Å². The zero-order chi connectivity index (χ0) is 13.3. The Morgan fingerprint density at radius 3 is 2.39 bits per heavy atom. The van der Waals surface area contributed by atoms with E-state index < -0.39 is 23.5 Å². The second-order valence-electron chi connectivity index (χ2n) is 3.64. The van der Waals surface area contributed by atoms with Gasteiger partial charge in [0, 0.05) is 11.8 Å². The van der Waals surface area contributed by atoms with Gasteiger partial charge in [0.15, 0.2) is 17.5 Å². The number of nitrogens with zero attached hydrogens (tertiary/aromatic N) is 1. The molecule has 0 spiro atoms. The maximum atomic E-state index is 13.5. The first-order chi connectivity index (χ1) is 8.50. The van der Waals surface area contributed by atoms with Gasteiger partial charge in [0.05, 0.1) is 16.8 Å². The third-order valence-electron chi connectivity index (χ3n) is 2.47. The van der Waals surface area contributed by atoms with Gasteiger partial charge in [0.2, 0.25) is 0 Å². The van der Waals surface area contributed by atoms with Crippen LogP contribution in [0.25, 0.3) is 0 Å². The molecule has 0 bridgehead atoms. The minimum atomic E-state index is -1.54. The Hall–Kier alpha value is -1.59. The summed E-state index contributed by atoms with van der Waals surface area (Å²) in [7, 11) is 0. The normalized spacial score (nSPS) is 12.5. The highest BCUT2D eigenvalue weighted by molar-refractivity contribution is 6.30. The van der Waals surface area contributed by atoms with Crippen molar-refractivity contribution in [1.82, 2.24) is 4.98 Å². The predicted molar refractivity (Wildman–Crippen MR) is 61.6 cm³/mol. The number of nitrogens with two attached hydrogens (primary N) is 1. The first kappa shape index (κ1) is 12.9. The molecule has 2 rings (SSSR count). The quantitative estimate of drug-likeness (QED) is 0.853. The molecular weight excluding hydrogens is 265 g/mol. The van der Waals surface area contributed by atoms with Crippen LogP contribution in [0.15, 0.2) is 30.5 Å². The maximum Gasteiger partial charge on any atom is 0.194 e. The van der Waals surface area contributed by atoms with Crippen molar-refractivity contribution in [2.45, 2.75) is 6.04 Å². The molecule has 0 radical (unpaired) electrons. The van der Waals surface area contributed by atoms with E-state index in [4.69, 9.17) is 17.3 Å². The average molecular weight is 273 g/mol. The van der Waals surface area contributed by atoms with Gasteiger partial charge in [-0.25, -0.2) is 13.2 Å². The van der Waals surface area contributed by atoms with E-state index in [9.17, 15) is 13.2 Å². The Labute approximate surface area is 106 Å². The molecule has 2 N–H and O–H groups in total. The molecule has 94 valence electrons. The highest BCUT2D eigenvalue weighted by Crippen LogP contribution is 2.24. The van der Waals surface area contributed by atoms with E-state index in [0.29, 0.717) is 10.7 Å². The number of pyridine rings is 1. The van der Waals surface area contributed by atoms with Crippen LogP contribution in [0.3, 0.4) is 0 Å². The molecule has 0 amide bonds. The van der Waals surface area contributed by atoms with Crippen molar-refractivity contribution >= 4 is 11.6 Å². The van der Waals surface area contributed by atoms with Crippen LogP contribution < -0.4 is 5.73 Å². The molecule has 0 aliphatic heterocycles. The summed E-state index contributed by atoms with van der Waals surface area (Å²) in [6.07, 6.45) is 1.34. The van der Waals surface area contributed by atoms with Crippen molar-refractivity contribution in [3.8, 4) is 0 Å². The van der Waals surface area contributed by atoms with Crippen molar-refractivity contribution in [1.29, 1.82) is 0 Å². The molecule has 0 saturated heterocycles. The van der Waals surface area contributed by atoms with Crippen LogP contribution in [0, 0.1) is 17.5 Å². The van der Waals surface area contributed by atoms with Crippen LogP contribution in [0.5, 0.6) is 0 Å². The summed E-state index contributed by atoms with van der Waals surface area (Å²) in [6, 6.07) is 3.95. The molecule has 1 unspecified atom stereocenters. The number of benzene rings is 1. The lowest BCUT2D eigenvalue weighted by Crippen LogP contribution is -2.16. The summed E-state index contributed by atoms with van der Waals surface area (Å²) in [5, 5.41) is 0.400. The largest absolute Gasteiger partial charge is 0.319 e. The van der Waals surface area contributed by atoms with Crippen LogP contribution in [-0.4, -0.2) is 4.98 Å². The van der Waals surface area contributed by atoms with E-state index in [-0.39, 0.29) is 5.56 Å². The maximum absolute atomic E-state index is 13.5. The van der Waals surface area contributed by atoms with Crippen molar-refractivity contribution < 1.29 is 13.2 Å². The molecule has 2 nitrogen and oxygen atoms in total. The molecule has 0 aliphatic rings. The lowest BCUT2D eigenvalue weighted by molar-refractivity contribution is 0.438. The summed E-state index contributed by atoms with van der Waals surface area (Å²) in [5.74, 6) is -4.11. The van der Waals surface area contributed by atoms with Gasteiger partial charge in [0.25, 0.3) is 0 Å². The molecule has 1 heterocycles. The Morgan fingerprint density at radius 2 is 1.78 bits per heavy atom. The fourth-order valence-electron chi connectivity index (χ4n) is 1.51. The summed E-state index contributed by atoms with van der Waals surface area (Å²) in [4.78, 5) is 3.91. The second kappa shape index (κ2) is 4.96. The van der Waals surface area contributed by atoms with Crippen LogP contribution in [0.1, 0.15) is 17.3 Å². The van der Waals surface area contributed by atoms with Crippen molar-refractivity contribution in [2.75, 3.05) is 0 Å². The Kier molecular flexibility index (Phi) is 3.54. The van der Waals surface area contributed by atoms with Crippen LogP contribution in [-0.2, 0) is 0 Å². The first-order valence-electron chi connectivity index (χ1n) is 5.01. The molecule has 0 aliphatic carbocycles. The van der Waals surface area contributed by atoms with E-state index in [0.717, 1.165) is 12.1 Å². The number of hydrogen-bond donors (Lipinski definition) is 1.